The minimum Gasteiger partial charge on any atom is -0.480 e. The second-order valence-corrected chi connectivity index (χ2v) is 11.8. The normalized spacial score (nSPS) is 22.2. The number of halogens is 4. The molecule has 1 saturated heterocycles. The molecule has 3 N–H and O–H groups in total. The summed E-state index contributed by atoms with van der Waals surface area (Å²) in [5.74, 6) is -4.57. The van der Waals surface area contributed by atoms with Crippen molar-refractivity contribution in [3.63, 3.8) is 0 Å². The molecule has 1 heterocycles. The SMILES string of the molecule is CC(C)(CCNC(=O)c1ccccc1)C[C@@H]1N[C@@H](C(=O)O)[C@H](c2cccc(Cl)c2F)[C@@]1(C#N)c1ccc(Cl)cc1F. The molecule has 214 valence electrons. The van der Waals surface area contributed by atoms with Gasteiger partial charge < -0.3 is 10.4 Å². The van der Waals surface area contributed by atoms with Gasteiger partial charge in [0, 0.05) is 34.7 Å². The highest BCUT2D eigenvalue weighted by molar-refractivity contribution is 6.31. The number of hydrogen-bond donors (Lipinski definition) is 3. The van der Waals surface area contributed by atoms with Crippen LogP contribution in [0.3, 0.4) is 0 Å². The van der Waals surface area contributed by atoms with Crippen LogP contribution in [0.4, 0.5) is 8.78 Å². The van der Waals surface area contributed by atoms with Crippen molar-refractivity contribution in [3.05, 3.63) is 105 Å². The number of aliphatic carboxylic acids is 1. The highest BCUT2D eigenvalue weighted by Gasteiger charge is 2.61. The van der Waals surface area contributed by atoms with Crippen LogP contribution in [0.25, 0.3) is 0 Å². The van der Waals surface area contributed by atoms with Crippen LogP contribution in [0.1, 0.15) is 54.1 Å². The van der Waals surface area contributed by atoms with Crippen molar-refractivity contribution < 1.29 is 23.5 Å². The predicted molar refractivity (Wildman–Crippen MR) is 153 cm³/mol. The van der Waals surface area contributed by atoms with Crippen LogP contribution < -0.4 is 10.6 Å². The molecule has 4 atom stereocenters. The summed E-state index contributed by atoms with van der Waals surface area (Å²) in [6.07, 6.45) is 0.661. The number of carboxylic acids is 1. The van der Waals surface area contributed by atoms with E-state index in [9.17, 15) is 20.0 Å². The van der Waals surface area contributed by atoms with Gasteiger partial charge in [-0.1, -0.05) is 73.4 Å². The largest absolute Gasteiger partial charge is 0.480 e. The van der Waals surface area contributed by atoms with Gasteiger partial charge in [-0.05, 0) is 54.2 Å². The van der Waals surface area contributed by atoms with Crippen molar-refractivity contribution in [2.45, 2.75) is 50.1 Å². The number of carbonyl (C=O) groups is 2. The Hall–Kier alpha value is -3.51. The van der Waals surface area contributed by atoms with Gasteiger partial charge in [0.05, 0.1) is 11.1 Å². The lowest BCUT2D eigenvalue weighted by molar-refractivity contribution is -0.139. The first-order chi connectivity index (χ1) is 19.4. The third kappa shape index (κ3) is 6.08. The fourth-order valence-corrected chi connectivity index (χ4v) is 6.13. The molecule has 1 fully saturated rings. The van der Waals surface area contributed by atoms with Gasteiger partial charge in [-0.25, -0.2) is 8.78 Å². The monoisotopic (exact) mass is 599 g/mol. The maximum Gasteiger partial charge on any atom is 0.321 e. The number of carbonyl (C=O) groups excluding carboxylic acids is 1. The van der Waals surface area contributed by atoms with Crippen LogP contribution in [-0.4, -0.2) is 35.6 Å². The van der Waals surface area contributed by atoms with Gasteiger partial charge in [-0.3, -0.25) is 14.9 Å². The number of carboxylic acid groups (broad SMARTS) is 1. The lowest BCUT2D eigenvalue weighted by Gasteiger charge is -2.38. The molecular weight excluding hydrogens is 571 g/mol. The Kier molecular flexibility index (Phi) is 9.03. The van der Waals surface area contributed by atoms with Crippen molar-refractivity contribution in [3.8, 4) is 6.07 Å². The van der Waals surface area contributed by atoms with Crippen molar-refractivity contribution in [1.29, 1.82) is 5.26 Å². The van der Waals surface area contributed by atoms with Crippen molar-refractivity contribution in [2.24, 2.45) is 5.41 Å². The highest BCUT2D eigenvalue weighted by atomic mass is 35.5. The van der Waals surface area contributed by atoms with E-state index in [1.807, 2.05) is 19.9 Å². The average molecular weight is 600 g/mol. The minimum atomic E-state index is -1.85. The summed E-state index contributed by atoms with van der Waals surface area (Å²) >= 11 is 12.1. The molecule has 1 amide bonds. The molecule has 6 nitrogen and oxygen atoms in total. The maximum atomic E-state index is 15.6. The number of hydrogen-bond acceptors (Lipinski definition) is 4. The fourth-order valence-electron chi connectivity index (χ4n) is 5.79. The predicted octanol–water partition coefficient (Wildman–Crippen LogP) is 6.48. The molecule has 0 aromatic heterocycles. The molecule has 4 rings (SSSR count). The summed E-state index contributed by atoms with van der Waals surface area (Å²) in [5.41, 5.74) is -2.11. The molecule has 0 bridgehead atoms. The number of nitrogens with one attached hydrogen (secondary N) is 2. The zero-order chi connectivity index (χ0) is 29.9. The maximum absolute atomic E-state index is 15.6. The van der Waals surface area contributed by atoms with Crippen LogP contribution in [0, 0.1) is 28.4 Å². The van der Waals surface area contributed by atoms with Gasteiger partial charge in [-0.2, -0.15) is 5.26 Å². The smallest absolute Gasteiger partial charge is 0.321 e. The van der Waals surface area contributed by atoms with Gasteiger partial charge in [0.1, 0.15) is 23.1 Å². The van der Waals surface area contributed by atoms with E-state index in [0.29, 0.717) is 18.5 Å². The Morgan fingerprint density at radius 3 is 2.44 bits per heavy atom. The van der Waals surface area contributed by atoms with E-state index < -0.39 is 46.4 Å². The first kappa shape index (κ1) is 30.4. The van der Waals surface area contributed by atoms with Gasteiger partial charge in [-0.15, -0.1) is 0 Å². The molecule has 0 spiro atoms. The zero-order valence-electron chi connectivity index (χ0n) is 22.4. The van der Waals surface area contributed by atoms with E-state index in [4.69, 9.17) is 23.2 Å². The molecule has 0 aliphatic carbocycles. The Bertz CT molecular complexity index is 1500. The molecule has 41 heavy (non-hydrogen) atoms. The number of amides is 1. The van der Waals surface area contributed by atoms with Gasteiger partial charge in [0.15, 0.2) is 0 Å². The first-order valence-corrected chi connectivity index (χ1v) is 13.8. The van der Waals surface area contributed by atoms with Gasteiger partial charge in [0.2, 0.25) is 0 Å². The van der Waals surface area contributed by atoms with Crippen molar-refractivity contribution in [1.82, 2.24) is 10.6 Å². The molecule has 10 heteroatoms. The van der Waals surface area contributed by atoms with Crippen LogP contribution in [0.5, 0.6) is 0 Å². The lowest BCUT2D eigenvalue weighted by Crippen LogP contribution is -2.45. The third-order valence-corrected chi connectivity index (χ3v) is 8.31. The minimum absolute atomic E-state index is 0.0941. The molecule has 3 aromatic rings. The molecule has 1 aliphatic rings. The van der Waals surface area contributed by atoms with Crippen LogP contribution in [0.15, 0.2) is 66.7 Å². The van der Waals surface area contributed by atoms with E-state index in [2.05, 4.69) is 16.7 Å². The summed E-state index contributed by atoms with van der Waals surface area (Å²) in [6.45, 7) is 4.12. The standard InChI is InChI=1S/C31H29Cl2F2N3O3/c1-30(2,13-14-37-28(39)18-7-4-3-5-8-18)16-24-31(17-36,21-12-11-19(32)15-23(21)34)25(27(38-24)29(40)41)20-9-6-10-22(33)26(20)35/h3-12,15,24-25,27,38H,13-14,16H2,1-2H3,(H,37,39)(H,40,41)/t24-,25-,27+,31-/m0/s1. The Balaban J connectivity index is 1.74. The fraction of sp³-hybridized carbons (Fsp3) is 0.323. The van der Waals surface area contributed by atoms with E-state index in [-0.39, 0.29) is 33.5 Å². The molecule has 0 radical (unpaired) electrons. The summed E-state index contributed by atoms with van der Waals surface area (Å²) in [4.78, 5) is 25.1. The second kappa shape index (κ2) is 12.2. The van der Waals surface area contributed by atoms with Gasteiger partial charge in [0.25, 0.3) is 5.91 Å². The first-order valence-electron chi connectivity index (χ1n) is 13.0. The summed E-state index contributed by atoms with van der Waals surface area (Å²) in [7, 11) is 0. The Labute approximate surface area is 247 Å². The van der Waals surface area contributed by atoms with Crippen LogP contribution in [-0.2, 0) is 10.2 Å². The van der Waals surface area contributed by atoms with E-state index >= 15 is 8.78 Å². The zero-order valence-corrected chi connectivity index (χ0v) is 23.9. The molecular formula is C31H29Cl2F2N3O3. The third-order valence-electron chi connectivity index (χ3n) is 7.78. The summed E-state index contributed by atoms with van der Waals surface area (Å²) < 4.78 is 31.1. The van der Waals surface area contributed by atoms with Gasteiger partial charge >= 0.3 is 5.97 Å². The molecule has 1 aliphatic heterocycles. The Morgan fingerprint density at radius 2 is 1.80 bits per heavy atom. The van der Waals surface area contributed by atoms with Crippen LogP contribution >= 0.6 is 23.2 Å². The number of nitrogens with zero attached hydrogens (tertiary/aromatic N) is 1. The average Bonchev–Trinajstić information content (AvgIpc) is 3.24. The van der Waals surface area contributed by atoms with Crippen LogP contribution in [0.2, 0.25) is 10.0 Å². The summed E-state index contributed by atoms with van der Waals surface area (Å²) in [6, 6.07) is 16.6. The Morgan fingerprint density at radius 1 is 1.10 bits per heavy atom. The van der Waals surface area contributed by atoms with E-state index in [0.717, 1.165) is 6.07 Å². The molecule has 0 saturated carbocycles. The highest BCUT2D eigenvalue weighted by Crippen LogP contribution is 2.53. The molecule has 3 aromatic carbocycles. The summed E-state index contributed by atoms with van der Waals surface area (Å²) in [5, 5.41) is 26.8. The number of rotatable bonds is 9. The topological polar surface area (TPSA) is 102 Å². The van der Waals surface area contributed by atoms with Crippen molar-refractivity contribution in [2.75, 3.05) is 6.54 Å². The van der Waals surface area contributed by atoms with E-state index in [1.165, 1.54) is 30.3 Å². The second-order valence-electron chi connectivity index (χ2n) is 11.0. The lowest BCUT2D eigenvalue weighted by atomic mass is 9.62. The number of nitriles is 1. The van der Waals surface area contributed by atoms with E-state index in [1.54, 1.807) is 24.3 Å². The van der Waals surface area contributed by atoms with Crippen molar-refractivity contribution >= 4 is 35.1 Å². The molecule has 0 unspecified atom stereocenters. The quantitative estimate of drug-likeness (QED) is 0.261. The number of benzene rings is 3.